The van der Waals surface area contributed by atoms with Crippen molar-refractivity contribution in [2.45, 2.75) is 6.54 Å². The average Bonchev–Trinajstić information content (AvgIpc) is 2.32. The second-order valence-corrected chi connectivity index (χ2v) is 3.74. The smallest absolute Gasteiger partial charge is 0.267 e. The van der Waals surface area contributed by atoms with Crippen LogP contribution in [0.25, 0.3) is 0 Å². The minimum absolute atomic E-state index is 0.222. The van der Waals surface area contributed by atoms with Crippen LogP contribution in [0.15, 0.2) is 34.2 Å². The van der Waals surface area contributed by atoms with Gasteiger partial charge in [0.05, 0.1) is 18.6 Å². The molecule has 2 rings (SSSR count). The van der Waals surface area contributed by atoms with E-state index < -0.39 is 0 Å². The molecule has 0 saturated carbocycles. The highest BCUT2D eigenvalue weighted by atomic mass is 79.9. The van der Waals surface area contributed by atoms with Gasteiger partial charge in [0.25, 0.3) is 5.56 Å². The molecule has 0 aliphatic carbocycles. The van der Waals surface area contributed by atoms with Crippen molar-refractivity contribution in [1.82, 2.24) is 19.9 Å². The maximum absolute atomic E-state index is 11.2. The molecule has 0 fully saturated rings. The fourth-order valence-electron chi connectivity index (χ4n) is 1.10. The van der Waals surface area contributed by atoms with Crippen molar-refractivity contribution in [3.05, 3.63) is 45.4 Å². The number of aromatic nitrogens is 4. The molecular weight excluding hydrogens is 274 g/mol. The number of hydrogen-bond acceptors (Lipinski definition) is 5. The van der Waals surface area contributed by atoms with Crippen LogP contribution in [-0.4, -0.2) is 19.9 Å². The van der Waals surface area contributed by atoms with Crippen LogP contribution in [0.1, 0.15) is 5.69 Å². The summed E-state index contributed by atoms with van der Waals surface area (Å²) in [7, 11) is 0. The number of aromatic amines is 1. The Morgan fingerprint density at radius 2 is 2.31 bits per heavy atom. The highest BCUT2D eigenvalue weighted by Gasteiger charge is 2.04. The van der Waals surface area contributed by atoms with Crippen LogP contribution >= 0.6 is 15.9 Å². The Balaban J connectivity index is 2.11. The summed E-state index contributed by atoms with van der Waals surface area (Å²) < 4.78 is 0.379. The molecule has 0 spiro atoms. The Morgan fingerprint density at radius 1 is 1.44 bits per heavy atom. The minimum atomic E-state index is -0.222. The van der Waals surface area contributed by atoms with E-state index in [4.69, 9.17) is 0 Å². The van der Waals surface area contributed by atoms with Crippen LogP contribution < -0.4 is 10.9 Å². The molecule has 0 aliphatic heterocycles. The predicted octanol–water partition coefficient (Wildman–Crippen LogP) is 0.935. The molecular formula is C9H8BrN5O. The maximum atomic E-state index is 11.2. The summed E-state index contributed by atoms with van der Waals surface area (Å²) in [6, 6.07) is 1.79. The molecule has 2 aromatic rings. The van der Waals surface area contributed by atoms with Gasteiger partial charge in [-0.3, -0.25) is 4.79 Å². The number of anilines is 1. The number of H-pyrrole nitrogens is 1. The topological polar surface area (TPSA) is 83.6 Å². The molecule has 0 amide bonds. The standard InChI is InChI=1S/C9H8BrN5O/c10-7-8(14-5-15-9(7)16)12-3-6-1-2-11-4-13-6/h1-2,4-5H,3H2,(H2,12,14,15,16). The van der Waals surface area contributed by atoms with Crippen LogP contribution in [0.2, 0.25) is 0 Å². The Morgan fingerprint density at radius 3 is 3.06 bits per heavy atom. The van der Waals surface area contributed by atoms with Crippen molar-refractivity contribution >= 4 is 21.7 Å². The zero-order valence-electron chi connectivity index (χ0n) is 8.14. The summed E-state index contributed by atoms with van der Waals surface area (Å²) in [6.07, 6.45) is 4.47. The molecule has 0 aromatic carbocycles. The molecule has 0 radical (unpaired) electrons. The third kappa shape index (κ3) is 2.43. The van der Waals surface area contributed by atoms with Gasteiger partial charge in [-0.1, -0.05) is 0 Å². The third-order valence-electron chi connectivity index (χ3n) is 1.88. The second-order valence-electron chi connectivity index (χ2n) is 2.95. The molecule has 0 aliphatic rings. The van der Waals surface area contributed by atoms with Crippen LogP contribution in [0, 0.1) is 0 Å². The van der Waals surface area contributed by atoms with Gasteiger partial charge in [-0.25, -0.2) is 15.0 Å². The Hall–Kier alpha value is -1.76. The van der Waals surface area contributed by atoms with E-state index in [2.05, 4.69) is 41.2 Å². The van der Waals surface area contributed by atoms with Crippen LogP contribution in [0.3, 0.4) is 0 Å². The van der Waals surface area contributed by atoms with E-state index in [9.17, 15) is 4.79 Å². The molecule has 0 atom stereocenters. The van der Waals surface area contributed by atoms with Crippen molar-refractivity contribution in [2.24, 2.45) is 0 Å². The van der Waals surface area contributed by atoms with Crippen LogP contribution in [0.5, 0.6) is 0 Å². The minimum Gasteiger partial charge on any atom is -0.363 e. The first-order valence-electron chi connectivity index (χ1n) is 4.49. The SMILES string of the molecule is O=c1[nH]cnc(NCc2ccncn2)c1Br. The molecule has 82 valence electrons. The number of rotatable bonds is 3. The molecule has 6 nitrogen and oxygen atoms in total. The van der Waals surface area contributed by atoms with Crippen molar-refractivity contribution in [3.8, 4) is 0 Å². The Bertz CT molecular complexity index is 527. The molecule has 2 heterocycles. The van der Waals surface area contributed by atoms with Crippen molar-refractivity contribution in [2.75, 3.05) is 5.32 Å². The van der Waals surface area contributed by atoms with E-state index in [1.54, 1.807) is 12.3 Å². The molecule has 2 aromatic heterocycles. The van der Waals surface area contributed by atoms with Gasteiger partial charge in [-0.15, -0.1) is 0 Å². The number of hydrogen-bond donors (Lipinski definition) is 2. The lowest BCUT2D eigenvalue weighted by Gasteiger charge is -2.05. The van der Waals surface area contributed by atoms with Crippen molar-refractivity contribution < 1.29 is 0 Å². The summed E-state index contributed by atoms with van der Waals surface area (Å²) in [5.74, 6) is 0.488. The predicted molar refractivity (Wildman–Crippen MR) is 61.9 cm³/mol. The van der Waals surface area contributed by atoms with E-state index in [0.717, 1.165) is 5.69 Å². The molecule has 2 N–H and O–H groups in total. The number of nitrogens with zero attached hydrogens (tertiary/aromatic N) is 3. The third-order valence-corrected chi connectivity index (χ3v) is 2.61. The molecule has 16 heavy (non-hydrogen) atoms. The van der Waals surface area contributed by atoms with Crippen molar-refractivity contribution in [3.63, 3.8) is 0 Å². The number of halogens is 1. The van der Waals surface area contributed by atoms with Crippen LogP contribution in [-0.2, 0) is 6.54 Å². The van der Waals surface area contributed by atoms with Gasteiger partial charge >= 0.3 is 0 Å². The summed E-state index contributed by atoms with van der Waals surface area (Å²) >= 11 is 3.15. The normalized spacial score (nSPS) is 10.1. The maximum Gasteiger partial charge on any atom is 0.267 e. The quantitative estimate of drug-likeness (QED) is 0.875. The fraction of sp³-hybridized carbons (Fsp3) is 0.111. The van der Waals surface area contributed by atoms with Gasteiger partial charge in [0.1, 0.15) is 16.6 Å². The van der Waals surface area contributed by atoms with Gasteiger partial charge in [0, 0.05) is 6.20 Å². The van der Waals surface area contributed by atoms with Gasteiger partial charge in [0.2, 0.25) is 0 Å². The van der Waals surface area contributed by atoms with E-state index in [1.165, 1.54) is 12.7 Å². The van der Waals surface area contributed by atoms with Gasteiger partial charge in [-0.2, -0.15) is 0 Å². The van der Waals surface area contributed by atoms with Crippen molar-refractivity contribution in [1.29, 1.82) is 0 Å². The second kappa shape index (κ2) is 4.84. The summed E-state index contributed by atoms with van der Waals surface area (Å²) in [6.45, 7) is 0.484. The lowest BCUT2D eigenvalue weighted by atomic mass is 10.4. The first-order valence-corrected chi connectivity index (χ1v) is 5.28. The largest absolute Gasteiger partial charge is 0.363 e. The molecule has 7 heteroatoms. The lowest BCUT2D eigenvalue weighted by molar-refractivity contribution is 0.982. The zero-order chi connectivity index (χ0) is 11.4. The Kier molecular flexibility index (Phi) is 3.25. The van der Waals surface area contributed by atoms with Gasteiger partial charge in [0.15, 0.2) is 0 Å². The van der Waals surface area contributed by atoms with E-state index in [0.29, 0.717) is 16.8 Å². The van der Waals surface area contributed by atoms with Gasteiger partial charge in [-0.05, 0) is 22.0 Å². The summed E-state index contributed by atoms with van der Waals surface area (Å²) in [5.41, 5.74) is 0.601. The molecule has 0 unspecified atom stereocenters. The van der Waals surface area contributed by atoms with Crippen LogP contribution in [0.4, 0.5) is 5.82 Å². The summed E-state index contributed by atoms with van der Waals surface area (Å²) in [5, 5.41) is 3.00. The monoisotopic (exact) mass is 281 g/mol. The van der Waals surface area contributed by atoms with E-state index in [1.807, 2.05) is 0 Å². The number of nitrogens with one attached hydrogen (secondary N) is 2. The first kappa shape index (κ1) is 10.7. The van der Waals surface area contributed by atoms with E-state index >= 15 is 0 Å². The fourth-order valence-corrected chi connectivity index (χ4v) is 1.46. The molecule has 0 bridgehead atoms. The molecule has 0 saturated heterocycles. The average molecular weight is 282 g/mol. The van der Waals surface area contributed by atoms with Gasteiger partial charge < -0.3 is 10.3 Å². The first-order chi connectivity index (χ1) is 7.77. The van der Waals surface area contributed by atoms with E-state index in [-0.39, 0.29) is 5.56 Å². The highest BCUT2D eigenvalue weighted by molar-refractivity contribution is 9.10. The summed E-state index contributed by atoms with van der Waals surface area (Å²) in [4.78, 5) is 25.6. The Labute approximate surface area is 99.3 Å². The lowest BCUT2D eigenvalue weighted by Crippen LogP contribution is -2.12. The highest BCUT2D eigenvalue weighted by Crippen LogP contribution is 2.13. The zero-order valence-corrected chi connectivity index (χ0v) is 9.73.